The average molecular weight is 232 g/mol. The number of hydrazone groups is 1. The third-order valence-electron chi connectivity index (χ3n) is 1.98. The Morgan fingerprint density at radius 2 is 2.00 bits per heavy atom. The fourth-order valence-electron chi connectivity index (χ4n) is 1.04. The van der Waals surface area contributed by atoms with Gasteiger partial charge in [0, 0.05) is 7.05 Å². The molecule has 0 atom stereocenters. The number of hydrogen-bond donors (Lipinski definition) is 2. The van der Waals surface area contributed by atoms with Crippen LogP contribution in [0.1, 0.15) is 18.1 Å². The number of hydrogen-bond acceptors (Lipinski definition) is 3. The summed E-state index contributed by atoms with van der Waals surface area (Å²) in [6, 6.07) is 9.27. The highest BCUT2D eigenvalue weighted by atomic mass is 32.1. The topological polar surface area (TPSA) is 60.2 Å². The van der Waals surface area contributed by atoms with Gasteiger partial charge in [-0.3, -0.25) is 5.43 Å². The molecule has 1 aromatic carbocycles. The summed E-state index contributed by atoms with van der Waals surface area (Å²) in [5, 5.41) is 16.0. The Bertz CT molecular complexity index is 442. The van der Waals surface area contributed by atoms with Gasteiger partial charge in [-0.05, 0) is 36.8 Å². The lowest BCUT2D eigenvalue weighted by molar-refractivity contribution is 0.974. The first-order chi connectivity index (χ1) is 7.67. The van der Waals surface area contributed by atoms with E-state index in [0.29, 0.717) is 10.7 Å². The maximum atomic E-state index is 8.66. The summed E-state index contributed by atoms with van der Waals surface area (Å²) in [6.45, 7) is 1.87. The fourth-order valence-corrected chi connectivity index (χ4v) is 1.09. The molecule has 0 unspecified atom stereocenters. The van der Waals surface area contributed by atoms with Gasteiger partial charge in [-0.2, -0.15) is 10.4 Å². The number of nitriles is 1. The molecule has 16 heavy (non-hydrogen) atoms. The van der Waals surface area contributed by atoms with Crippen LogP contribution in [0.4, 0.5) is 0 Å². The highest BCUT2D eigenvalue weighted by Crippen LogP contribution is 2.04. The van der Waals surface area contributed by atoms with Crippen LogP contribution in [-0.2, 0) is 0 Å². The third-order valence-corrected chi connectivity index (χ3v) is 2.28. The molecule has 1 rings (SSSR count). The zero-order valence-electron chi connectivity index (χ0n) is 9.11. The molecule has 0 aliphatic rings. The Labute approximate surface area is 100.0 Å². The molecule has 0 saturated carbocycles. The van der Waals surface area contributed by atoms with Gasteiger partial charge in [0.15, 0.2) is 5.11 Å². The zero-order chi connectivity index (χ0) is 12.0. The monoisotopic (exact) mass is 232 g/mol. The average Bonchev–Trinajstić information content (AvgIpc) is 2.35. The van der Waals surface area contributed by atoms with E-state index in [2.05, 4.69) is 21.9 Å². The fraction of sp³-hybridized carbons (Fsp3) is 0.182. The van der Waals surface area contributed by atoms with E-state index in [1.165, 1.54) is 0 Å². The predicted octanol–water partition coefficient (Wildman–Crippen LogP) is 1.38. The molecule has 2 N–H and O–H groups in total. The molecule has 82 valence electrons. The largest absolute Gasteiger partial charge is 0.364 e. The van der Waals surface area contributed by atoms with E-state index in [9.17, 15) is 0 Å². The molecule has 0 heterocycles. The molecule has 0 aliphatic heterocycles. The van der Waals surface area contributed by atoms with E-state index in [1.54, 1.807) is 19.2 Å². The van der Waals surface area contributed by atoms with Gasteiger partial charge in [-0.15, -0.1) is 0 Å². The van der Waals surface area contributed by atoms with Crippen molar-refractivity contribution in [2.24, 2.45) is 5.10 Å². The molecule has 4 nitrogen and oxygen atoms in total. The molecular weight excluding hydrogens is 220 g/mol. The van der Waals surface area contributed by atoms with E-state index < -0.39 is 0 Å². The lowest BCUT2D eigenvalue weighted by Crippen LogP contribution is -2.29. The van der Waals surface area contributed by atoms with Crippen LogP contribution in [0.5, 0.6) is 0 Å². The van der Waals surface area contributed by atoms with Crippen molar-refractivity contribution < 1.29 is 0 Å². The van der Waals surface area contributed by atoms with Gasteiger partial charge in [-0.25, -0.2) is 0 Å². The van der Waals surface area contributed by atoms with Crippen molar-refractivity contribution in [3.8, 4) is 6.07 Å². The Morgan fingerprint density at radius 3 is 2.50 bits per heavy atom. The first-order valence-electron chi connectivity index (χ1n) is 4.70. The summed E-state index contributed by atoms with van der Waals surface area (Å²) in [6.07, 6.45) is 0. The van der Waals surface area contributed by atoms with E-state index >= 15 is 0 Å². The van der Waals surface area contributed by atoms with E-state index in [-0.39, 0.29) is 0 Å². The van der Waals surface area contributed by atoms with Crippen LogP contribution < -0.4 is 10.7 Å². The van der Waals surface area contributed by atoms with E-state index in [0.717, 1.165) is 11.3 Å². The Kier molecular flexibility index (Phi) is 4.42. The van der Waals surface area contributed by atoms with Crippen LogP contribution in [0.15, 0.2) is 29.4 Å². The molecular formula is C11H12N4S. The second-order valence-electron chi connectivity index (χ2n) is 3.08. The number of nitrogens with one attached hydrogen (secondary N) is 2. The van der Waals surface area contributed by atoms with Gasteiger partial charge in [0.2, 0.25) is 0 Å². The van der Waals surface area contributed by atoms with Gasteiger partial charge in [-0.1, -0.05) is 12.1 Å². The standard InChI is InChI=1S/C11H12N4S/c1-8(14-15-11(16)13-2)10-5-3-9(7-12)4-6-10/h3-6H,1-2H3,(H2,13,15,16)/b14-8+. The molecule has 1 aromatic rings. The molecule has 0 bridgehead atoms. The molecule has 0 saturated heterocycles. The van der Waals surface area contributed by atoms with Crippen molar-refractivity contribution in [2.75, 3.05) is 7.05 Å². The van der Waals surface area contributed by atoms with Gasteiger partial charge in [0.25, 0.3) is 0 Å². The predicted molar refractivity (Wildman–Crippen MR) is 68.2 cm³/mol. The second kappa shape index (κ2) is 5.83. The Hall–Kier alpha value is -1.93. The lowest BCUT2D eigenvalue weighted by Gasteiger charge is -2.03. The molecule has 0 radical (unpaired) electrons. The summed E-state index contributed by atoms with van der Waals surface area (Å²) in [5.74, 6) is 0. The van der Waals surface area contributed by atoms with Crippen molar-refractivity contribution in [2.45, 2.75) is 6.92 Å². The van der Waals surface area contributed by atoms with E-state index in [4.69, 9.17) is 17.5 Å². The SMILES string of the molecule is CNC(=S)N/N=C(\C)c1ccc(C#N)cc1. The van der Waals surface area contributed by atoms with Crippen molar-refractivity contribution in [1.29, 1.82) is 5.26 Å². The summed E-state index contributed by atoms with van der Waals surface area (Å²) in [4.78, 5) is 0. The highest BCUT2D eigenvalue weighted by molar-refractivity contribution is 7.80. The number of rotatable bonds is 2. The molecule has 5 heteroatoms. The van der Waals surface area contributed by atoms with Crippen molar-refractivity contribution in [3.63, 3.8) is 0 Å². The molecule has 0 fully saturated rings. The van der Waals surface area contributed by atoms with Crippen molar-refractivity contribution in [1.82, 2.24) is 10.7 Å². The quantitative estimate of drug-likeness (QED) is 0.459. The van der Waals surface area contributed by atoms with Gasteiger partial charge < -0.3 is 5.32 Å². The van der Waals surface area contributed by atoms with Crippen molar-refractivity contribution in [3.05, 3.63) is 35.4 Å². The first kappa shape index (κ1) is 12.1. The smallest absolute Gasteiger partial charge is 0.186 e. The summed E-state index contributed by atoms with van der Waals surface area (Å²) in [5.41, 5.74) is 5.09. The van der Waals surface area contributed by atoms with Gasteiger partial charge >= 0.3 is 0 Å². The van der Waals surface area contributed by atoms with Crippen LogP contribution in [0.3, 0.4) is 0 Å². The summed E-state index contributed by atoms with van der Waals surface area (Å²) in [7, 11) is 1.72. The van der Waals surface area contributed by atoms with E-state index in [1.807, 2.05) is 19.1 Å². The number of thiocarbonyl (C=S) groups is 1. The Balaban J connectivity index is 2.76. The van der Waals surface area contributed by atoms with Crippen LogP contribution in [-0.4, -0.2) is 17.9 Å². The molecule has 0 amide bonds. The maximum absolute atomic E-state index is 8.66. The Morgan fingerprint density at radius 1 is 1.38 bits per heavy atom. The zero-order valence-corrected chi connectivity index (χ0v) is 9.93. The second-order valence-corrected chi connectivity index (χ2v) is 3.49. The van der Waals surface area contributed by atoms with Crippen LogP contribution in [0.2, 0.25) is 0 Å². The minimum Gasteiger partial charge on any atom is -0.364 e. The number of nitrogens with zero attached hydrogens (tertiary/aromatic N) is 2. The summed E-state index contributed by atoms with van der Waals surface area (Å²) >= 11 is 4.89. The summed E-state index contributed by atoms with van der Waals surface area (Å²) < 4.78 is 0. The first-order valence-corrected chi connectivity index (χ1v) is 5.10. The van der Waals surface area contributed by atoms with Crippen LogP contribution >= 0.6 is 12.2 Å². The lowest BCUT2D eigenvalue weighted by atomic mass is 10.1. The normalized spacial score (nSPS) is 10.4. The maximum Gasteiger partial charge on any atom is 0.186 e. The highest BCUT2D eigenvalue weighted by Gasteiger charge is 1.98. The molecule has 0 aromatic heterocycles. The molecule has 0 aliphatic carbocycles. The minimum atomic E-state index is 0.466. The van der Waals surface area contributed by atoms with Crippen LogP contribution in [0, 0.1) is 11.3 Å². The van der Waals surface area contributed by atoms with Crippen LogP contribution in [0.25, 0.3) is 0 Å². The van der Waals surface area contributed by atoms with Gasteiger partial charge in [0.05, 0.1) is 17.3 Å². The minimum absolute atomic E-state index is 0.466. The number of benzene rings is 1. The van der Waals surface area contributed by atoms with Gasteiger partial charge in [0.1, 0.15) is 0 Å². The molecule has 0 spiro atoms. The van der Waals surface area contributed by atoms with Crippen molar-refractivity contribution >= 4 is 23.0 Å². The third kappa shape index (κ3) is 3.33.